The quantitative estimate of drug-likeness (QED) is 0.167. The van der Waals surface area contributed by atoms with Gasteiger partial charge >= 0.3 is 5.97 Å². The number of hydrogen-bond donors (Lipinski definition) is 0. The maximum Gasteiger partial charge on any atom is 0.338 e. The third kappa shape index (κ3) is 10.9. The molecule has 4 unspecified atom stereocenters. The Morgan fingerprint density at radius 1 is 0.912 bits per heavy atom. The average Bonchev–Trinajstić information content (AvgIpc) is 2.84. The summed E-state index contributed by atoms with van der Waals surface area (Å²) < 4.78 is 17.9. The van der Waals surface area contributed by atoms with E-state index in [1.54, 1.807) is 0 Å². The van der Waals surface area contributed by atoms with Crippen molar-refractivity contribution in [2.45, 2.75) is 136 Å². The van der Waals surface area contributed by atoms with Gasteiger partial charge in [-0.25, -0.2) is 4.79 Å². The highest BCUT2D eigenvalue weighted by atomic mass is 16.7. The van der Waals surface area contributed by atoms with Gasteiger partial charge in [-0.2, -0.15) is 0 Å². The molecule has 1 heterocycles. The number of unbranched alkanes of at least 4 members (excludes halogenated alkanes) is 10. The molecular formula is C30H50O4. The summed E-state index contributed by atoms with van der Waals surface area (Å²) in [5.41, 5.74) is 1.54. The molecule has 0 aliphatic carbocycles. The van der Waals surface area contributed by atoms with Gasteiger partial charge in [0.1, 0.15) is 0 Å². The Labute approximate surface area is 209 Å². The molecule has 2 rings (SSSR count). The van der Waals surface area contributed by atoms with Crippen molar-refractivity contribution in [1.82, 2.24) is 0 Å². The van der Waals surface area contributed by atoms with Crippen LogP contribution in [-0.4, -0.2) is 24.8 Å². The van der Waals surface area contributed by atoms with Crippen molar-refractivity contribution in [3.8, 4) is 0 Å². The van der Waals surface area contributed by atoms with Gasteiger partial charge in [0.2, 0.25) is 0 Å². The van der Waals surface area contributed by atoms with Crippen LogP contribution in [0.25, 0.3) is 0 Å². The zero-order chi connectivity index (χ0) is 24.6. The lowest BCUT2D eigenvalue weighted by molar-refractivity contribution is -0.237. The van der Waals surface area contributed by atoms with Crippen molar-refractivity contribution < 1.29 is 19.0 Å². The maximum absolute atomic E-state index is 12.5. The summed E-state index contributed by atoms with van der Waals surface area (Å²) in [6.07, 6.45) is 17.4. The first-order valence-electron chi connectivity index (χ1n) is 14.1. The summed E-state index contributed by atoms with van der Waals surface area (Å²) in [5, 5.41) is 0. The molecule has 4 atom stereocenters. The van der Waals surface area contributed by atoms with Crippen molar-refractivity contribution in [2.24, 2.45) is 5.92 Å². The second-order valence-corrected chi connectivity index (χ2v) is 10.2. The minimum Gasteiger partial charge on any atom is -0.459 e. The van der Waals surface area contributed by atoms with Gasteiger partial charge in [-0.1, -0.05) is 96.6 Å². The van der Waals surface area contributed by atoms with Gasteiger partial charge in [-0.3, -0.25) is 0 Å². The lowest BCUT2D eigenvalue weighted by atomic mass is 9.95. The first-order chi connectivity index (χ1) is 16.5. The van der Waals surface area contributed by atoms with E-state index in [1.165, 1.54) is 77.0 Å². The van der Waals surface area contributed by atoms with E-state index in [2.05, 4.69) is 20.8 Å². The van der Waals surface area contributed by atoms with Gasteiger partial charge < -0.3 is 14.2 Å². The molecule has 1 fully saturated rings. The van der Waals surface area contributed by atoms with Crippen LogP contribution >= 0.6 is 0 Å². The van der Waals surface area contributed by atoms with E-state index in [4.69, 9.17) is 14.2 Å². The fourth-order valence-corrected chi connectivity index (χ4v) is 4.67. The monoisotopic (exact) mass is 474 g/mol. The Kier molecular flexibility index (Phi) is 14.5. The summed E-state index contributed by atoms with van der Waals surface area (Å²) in [6.45, 7) is 9.35. The molecule has 1 aliphatic rings. The molecule has 194 valence electrons. The zero-order valence-corrected chi connectivity index (χ0v) is 22.4. The van der Waals surface area contributed by atoms with Crippen LogP contribution in [0.1, 0.15) is 140 Å². The van der Waals surface area contributed by atoms with Crippen molar-refractivity contribution in [3.63, 3.8) is 0 Å². The number of esters is 1. The molecule has 1 aromatic carbocycles. The molecule has 0 aromatic heterocycles. The van der Waals surface area contributed by atoms with Gasteiger partial charge in [-0.15, -0.1) is 0 Å². The SMILES string of the molecule is CCCCCCCCCCC1COC(c2ccc(C(=O)OC(C)CCCCCC)cc2)OC1C. The fraction of sp³-hybridized carbons (Fsp3) is 0.767. The van der Waals surface area contributed by atoms with Crippen LogP contribution in [0.5, 0.6) is 0 Å². The molecule has 4 nitrogen and oxygen atoms in total. The smallest absolute Gasteiger partial charge is 0.338 e. The minimum absolute atomic E-state index is 0.0483. The Hall–Kier alpha value is -1.39. The summed E-state index contributed by atoms with van der Waals surface area (Å²) in [5.74, 6) is 0.211. The first-order valence-corrected chi connectivity index (χ1v) is 14.1. The molecule has 0 bridgehead atoms. The third-order valence-corrected chi connectivity index (χ3v) is 7.08. The second kappa shape index (κ2) is 17.1. The second-order valence-electron chi connectivity index (χ2n) is 10.2. The molecular weight excluding hydrogens is 424 g/mol. The number of rotatable bonds is 17. The maximum atomic E-state index is 12.5. The van der Waals surface area contributed by atoms with E-state index in [9.17, 15) is 4.79 Å². The molecule has 0 saturated carbocycles. The Balaban J connectivity index is 1.68. The summed E-state index contributed by atoms with van der Waals surface area (Å²) in [6, 6.07) is 7.51. The van der Waals surface area contributed by atoms with E-state index < -0.39 is 0 Å². The van der Waals surface area contributed by atoms with Gasteiger partial charge in [0.25, 0.3) is 0 Å². The van der Waals surface area contributed by atoms with Gasteiger partial charge in [0.15, 0.2) is 6.29 Å². The fourth-order valence-electron chi connectivity index (χ4n) is 4.67. The van der Waals surface area contributed by atoms with Crippen LogP contribution in [0.2, 0.25) is 0 Å². The molecule has 0 amide bonds. The van der Waals surface area contributed by atoms with E-state index in [-0.39, 0.29) is 24.5 Å². The topological polar surface area (TPSA) is 44.8 Å². The van der Waals surface area contributed by atoms with E-state index >= 15 is 0 Å². The number of ether oxygens (including phenoxy) is 3. The van der Waals surface area contributed by atoms with Crippen molar-refractivity contribution in [1.29, 1.82) is 0 Å². The normalized spacial score (nSPS) is 21.4. The van der Waals surface area contributed by atoms with E-state index in [0.717, 1.165) is 25.0 Å². The summed E-state index contributed by atoms with van der Waals surface area (Å²) >= 11 is 0. The number of benzene rings is 1. The predicted octanol–water partition coefficient (Wildman–Crippen LogP) is 8.78. The standard InChI is InChI=1S/C30H50O4/c1-5-7-9-11-12-13-14-16-18-28-23-32-30(34-25(28)4)27-21-19-26(20-22-27)29(31)33-24(3)17-15-10-8-6-2/h19-22,24-25,28,30H,5-18,23H2,1-4H3. The van der Waals surface area contributed by atoms with Crippen LogP contribution in [0.15, 0.2) is 24.3 Å². The van der Waals surface area contributed by atoms with Crippen LogP contribution < -0.4 is 0 Å². The number of carbonyl (C=O) groups is 1. The molecule has 1 saturated heterocycles. The molecule has 4 heteroatoms. The Morgan fingerprint density at radius 3 is 2.12 bits per heavy atom. The highest BCUT2D eigenvalue weighted by Gasteiger charge is 2.29. The van der Waals surface area contributed by atoms with Crippen LogP contribution in [0.3, 0.4) is 0 Å². The van der Waals surface area contributed by atoms with Crippen LogP contribution in [0.4, 0.5) is 0 Å². The highest BCUT2D eigenvalue weighted by Crippen LogP contribution is 2.32. The third-order valence-electron chi connectivity index (χ3n) is 7.08. The lowest BCUT2D eigenvalue weighted by Crippen LogP contribution is -2.34. The molecule has 0 N–H and O–H groups in total. The minimum atomic E-state index is -0.354. The van der Waals surface area contributed by atoms with Gasteiger partial charge in [-0.05, 0) is 45.2 Å². The predicted molar refractivity (Wildman–Crippen MR) is 140 cm³/mol. The summed E-state index contributed by atoms with van der Waals surface area (Å²) in [4.78, 5) is 12.5. The Morgan fingerprint density at radius 2 is 1.50 bits per heavy atom. The van der Waals surface area contributed by atoms with Gasteiger partial charge in [0, 0.05) is 11.5 Å². The molecule has 1 aliphatic heterocycles. The molecule has 0 radical (unpaired) electrons. The molecule has 0 spiro atoms. The number of hydrogen-bond acceptors (Lipinski definition) is 4. The summed E-state index contributed by atoms with van der Waals surface area (Å²) in [7, 11) is 0. The van der Waals surface area contributed by atoms with E-state index in [0.29, 0.717) is 11.5 Å². The van der Waals surface area contributed by atoms with Crippen LogP contribution in [0, 0.1) is 5.92 Å². The highest BCUT2D eigenvalue weighted by molar-refractivity contribution is 5.89. The van der Waals surface area contributed by atoms with Crippen molar-refractivity contribution >= 4 is 5.97 Å². The largest absolute Gasteiger partial charge is 0.459 e. The van der Waals surface area contributed by atoms with E-state index in [1.807, 2.05) is 31.2 Å². The first kappa shape index (κ1) is 28.8. The number of carbonyl (C=O) groups excluding carboxylic acids is 1. The molecule has 34 heavy (non-hydrogen) atoms. The van der Waals surface area contributed by atoms with Crippen molar-refractivity contribution in [2.75, 3.05) is 6.61 Å². The van der Waals surface area contributed by atoms with Crippen molar-refractivity contribution in [3.05, 3.63) is 35.4 Å². The molecule has 1 aromatic rings. The van der Waals surface area contributed by atoms with Crippen LogP contribution in [-0.2, 0) is 14.2 Å². The zero-order valence-electron chi connectivity index (χ0n) is 22.4. The van der Waals surface area contributed by atoms with Gasteiger partial charge in [0.05, 0.1) is 24.4 Å². The Bertz CT molecular complexity index is 656. The lowest BCUT2D eigenvalue weighted by Gasteiger charge is -2.35. The average molecular weight is 475 g/mol.